The summed E-state index contributed by atoms with van der Waals surface area (Å²) in [5.74, 6) is 0.843. The number of methoxy groups -OCH3 is 1. The minimum absolute atomic E-state index is 0.191. The lowest BCUT2D eigenvalue weighted by Crippen LogP contribution is -3.12. The van der Waals surface area contributed by atoms with Gasteiger partial charge in [-0.1, -0.05) is 0 Å². The summed E-state index contributed by atoms with van der Waals surface area (Å²) in [5.41, 5.74) is 3.16. The summed E-state index contributed by atoms with van der Waals surface area (Å²) in [4.78, 5) is 19.8. The lowest BCUT2D eigenvalue weighted by atomic mass is 10.1. The molecule has 30 heavy (non-hydrogen) atoms. The van der Waals surface area contributed by atoms with Gasteiger partial charge in [0.05, 0.1) is 45.3 Å². The van der Waals surface area contributed by atoms with Gasteiger partial charge in [-0.3, -0.25) is 10.1 Å². The Morgan fingerprint density at radius 1 is 0.867 bits per heavy atom. The van der Waals surface area contributed by atoms with Gasteiger partial charge >= 0.3 is 0 Å². The number of hydrogen-bond donors (Lipinski definition) is 1. The van der Waals surface area contributed by atoms with E-state index in [2.05, 4.69) is 33.9 Å². The van der Waals surface area contributed by atoms with Crippen molar-refractivity contribution < 1.29 is 14.6 Å². The number of piperazine rings is 2. The van der Waals surface area contributed by atoms with Crippen molar-refractivity contribution in [3.05, 3.63) is 52.6 Å². The van der Waals surface area contributed by atoms with Gasteiger partial charge in [-0.2, -0.15) is 0 Å². The minimum Gasteiger partial charge on any atom is -0.497 e. The van der Waals surface area contributed by atoms with Crippen molar-refractivity contribution in [2.45, 2.75) is 0 Å². The molecule has 0 unspecified atom stereocenters. The summed E-state index contributed by atoms with van der Waals surface area (Å²) in [6.45, 7) is 7.30. The predicted octanol–water partition coefficient (Wildman–Crippen LogP) is 1.26. The SMILES string of the molecule is COc1ccc(N2CCN(c3cc(N4CC[NH+](C)CC4)ccc3[N+](=O)[O-])CC2)cc1. The van der Waals surface area contributed by atoms with Crippen molar-refractivity contribution >= 4 is 22.7 Å². The molecule has 0 aliphatic carbocycles. The normalized spacial score (nSPS) is 17.9. The molecule has 2 aliphatic rings. The molecular weight excluding hydrogens is 382 g/mol. The van der Waals surface area contributed by atoms with E-state index in [0.717, 1.165) is 75.2 Å². The number of nitro benzene ring substituents is 1. The molecule has 8 nitrogen and oxygen atoms in total. The van der Waals surface area contributed by atoms with E-state index in [1.54, 1.807) is 13.2 Å². The second-order valence-corrected chi connectivity index (χ2v) is 8.05. The van der Waals surface area contributed by atoms with Crippen LogP contribution in [0, 0.1) is 10.1 Å². The number of anilines is 3. The largest absolute Gasteiger partial charge is 0.497 e. The maximum Gasteiger partial charge on any atom is 0.292 e. The lowest BCUT2D eigenvalue weighted by Gasteiger charge is -2.38. The molecule has 2 saturated heterocycles. The Balaban J connectivity index is 1.49. The summed E-state index contributed by atoms with van der Waals surface area (Å²) in [6, 6.07) is 13.6. The van der Waals surface area contributed by atoms with E-state index in [4.69, 9.17) is 4.74 Å². The summed E-state index contributed by atoms with van der Waals surface area (Å²) in [6.07, 6.45) is 0. The first-order valence-corrected chi connectivity index (χ1v) is 10.5. The van der Waals surface area contributed by atoms with E-state index < -0.39 is 0 Å². The van der Waals surface area contributed by atoms with E-state index in [-0.39, 0.29) is 10.6 Å². The zero-order valence-electron chi connectivity index (χ0n) is 17.7. The fraction of sp³-hybridized carbons (Fsp3) is 0.455. The third-order valence-corrected chi connectivity index (χ3v) is 6.20. The van der Waals surface area contributed by atoms with E-state index >= 15 is 0 Å². The summed E-state index contributed by atoms with van der Waals surface area (Å²) in [7, 11) is 3.87. The van der Waals surface area contributed by atoms with Crippen LogP contribution in [0.2, 0.25) is 0 Å². The molecular formula is C22H30N5O3+. The van der Waals surface area contributed by atoms with Gasteiger partial charge in [0.1, 0.15) is 11.4 Å². The van der Waals surface area contributed by atoms with Crippen LogP contribution in [0.5, 0.6) is 5.75 Å². The quantitative estimate of drug-likeness (QED) is 0.589. The van der Waals surface area contributed by atoms with Crippen molar-refractivity contribution in [3.63, 3.8) is 0 Å². The third-order valence-electron chi connectivity index (χ3n) is 6.20. The molecule has 2 heterocycles. The summed E-state index contributed by atoms with van der Waals surface area (Å²) in [5, 5.41) is 11.7. The van der Waals surface area contributed by atoms with Crippen molar-refractivity contribution in [1.29, 1.82) is 0 Å². The first kappa shape index (κ1) is 20.3. The number of ether oxygens (including phenoxy) is 1. The molecule has 0 bridgehead atoms. The minimum atomic E-state index is -0.261. The maximum atomic E-state index is 11.7. The second kappa shape index (κ2) is 8.79. The Kier molecular flexibility index (Phi) is 5.94. The highest BCUT2D eigenvalue weighted by molar-refractivity contribution is 5.71. The number of likely N-dealkylation sites (N-methyl/N-ethyl adjacent to an activating group) is 1. The van der Waals surface area contributed by atoms with Gasteiger partial charge in [0, 0.05) is 43.6 Å². The maximum absolute atomic E-state index is 11.7. The van der Waals surface area contributed by atoms with E-state index in [9.17, 15) is 10.1 Å². The average Bonchev–Trinajstić information content (AvgIpc) is 2.79. The molecule has 0 spiro atoms. The number of benzene rings is 2. The first-order valence-electron chi connectivity index (χ1n) is 10.5. The predicted molar refractivity (Wildman–Crippen MR) is 119 cm³/mol. The molecule has 2 fully saturated rings. The molecule has 0 aromatic heterocycles. The smallest absolute Gasteiger partial charge is 0.292 e. The highest BCUT2D eigenvalue weighted by atomic mass is 16.6. The first-order chi connectivity index (χ1) is 14.5. The highest BCUT2D eigenvalue weighted by Gasteiger charge is 2.26. The van der Waals surface area contributed by atoms with Crippen molar-refractivity contribution in [2.24, 2.45) is 0 Å². The van der Waals surface area contributed by atoms with Crippen molar-refractivity contribution in [1.82, 2.24) is 0 Å². The van der Waals surface area contributed by atoms with Crippen LogP contribution >= 0.6 is 0 Å². The Morgan fingerprint density at radius 2 is 1.43 bits per heavy atom. The van der Waals surface area contributed by atoms with Gasteiger partial charge in [-0.05, 0) is 36.4 Å². The van der Waals surface area contributed by atoms with Crippen LogP contribution in [-0.4, -0.2) is 71.4 Å². The summed E-state index contributed by atoms with van der Waals surface area (Å²) < 4.78 is 5.24. The number of hydrogen-bond acceptors (Lipinski definition) is 6. The molecule has 2 aliphatic heterocycles. The average molecular weight is 413 g/mol. The van der Waals surface area contributed by atoms with E-state index in [1.165, 1.54) is 4.90 Å². The second-order valence-electron chi connectivity index (χ2n) is 8.05. The Labute approximate surface area is 177 Å². The molecule has 160 valence electrons. The number of quaternary nitrogens is 1. The summed E-state index contributed by atoms with van der Waals surface area (Å²) >= 11 is 0. The van der Waals surface area contributed by atoms with E-state index in [1.807, 2.05) is 24.3 Å². The van der Waals surface area contributed by atoms with Crippen LogP contribution < -0.4 is 24.3 Å². The van der Waals surface area contributed by atoms with Crippen LogP contribution in [0.15, 0.2) is 42.5 Å². The van der Waals surface area contributed by atoms with Gasteiger partial charge in [0.25, 0.3) is 5.69 Å². The van der Waals surface area contributed by atoms with Crippen LogP contribution in [0.25, 0.3) is 0 Å². The standard InChI is InChI=1S/C22H29N5O3/c1-23-9-11-25(12-10-23)19-5-8-21(27(28)29)22(17-19)26-15-13-24(14-16-26)18-3-6-20(30-2)7-4-18/h3-8,17H,9-16H2,1-2H3/p+1. The van der Waals surface area contributed by atoms with Gasteiger partial charge in [-0.15, -0.1) is 0 Å². The van der Waals surface area contributed by atoms with Crippen molar-refractivity contribution in [3.8, 4) is 5.75 Å². The van der Waals surface area contributed by atoms with Crippen LogP contribution in [-0.2, 0) is 0 Å². The molecule has 0 radical (unpaired) electrons. The number of nitrogens with zero attached hydrogens (tertiary/aromatic N) is 4. The van der Waals surface area contributed by atoms with E-state index in [0.29, 0.717) is 0 Å². The van der Waals surface area contributed by atoms with Gasteiger partial charge in [0.15, 0.2) is 0 Å². The lowest BCUT2D eigenvalue weighted by molar-refractivity contribution is -0.880. The van der Waals surface area contributed by atoms with Gasteiger partial charge < -0.3 is 24.3 Å². The van der Waals surface area contributed by atoms with Crippen LogP contribution in [0.3, 0.4) is 0 Å². The zero-order chi connectivity index (χ0) is 21.1. The van der Waals surface area contributed by atoms with Crippen LogP contribution in [0.1, 0.15) is 0 Å². The van der Waals surface area contributed by atoms with Gasteiger partial charge in [0.2, 0.25) is 0 Å². The molecule has 2 aromatic rings. The molecule has 4 rings (SSSR count). The molecule has 0 amide bonds. The third kappa shape index (κ3) is 4.28. The molecule has 1 N–H and O–H groups in total. The highest BCUT2D eigenvalue weighted by Crippen LogP contribution is 2.34. The Morgan fingerprint density at radius 3 is 2.03 bits per heavy atom. The Hall–Kier alpha value is -3.00. The number of nitrogens with one attached hydrogen (secondary N) is 1. The Bertz CT molecular complexity index is 873. The molecule has 0 saturated carbocycles. The zero-order valence-corrected chi connectivity index (χ0v) is 17.7. The monoisotopic (exact) mass is 412 g/mol. The fourth-order valence-electron chi connectivity index (χ4n) is 4.26. The topological polar surface area (TPSA) is 66.5 Å². The molecule has 2 aromatic carbocycles. The van der Waals surface area contributed by atoms with Gasteiger partial charge in [-0.25, -0.2) is 0 Å². The molecule has 8 heteroatoms. The number of nitro groups is 1. The fourth-order valence-corrected chi connectivity index (χ4v) is 4.26. The molecule has 0 atom stereocenters. The van der Waals surface area contributed by atoms with Crippen molar-refractivity contribution in [2.75, 3.05) is 81.2 Å². The number of rotatable bonds is 5. The van der Waals surface area contributed by atoms with Crippen LogP contribution in [0.4, 0.5) is 22.7 Å².